The Hall–Kier alpha value is -3.10. The van der Waals surface area contributed by atoms with E-state index in [1.54, 1.807) is 29.4 Å². The molecule has 1 amide bonds. The maximum Gasteiger partial charge on any atom is 0.345 e. The Balaban J connectivity index is 1.97. The third-order valence-corrected chi connectivity index (χ3v) is 7.10. The second-order valence-electron chi connectivity index (χ2n) is 8.80. The third-order valence-electron chi connectivity index (χ3n) is 6.18. The monoisotopic (exact) mass is 510 g/mol. The molecule has 0 bridgehead atoms. The number of carbonyl (C=O) groups is 2. The molecule has 0 radical (unpaired) electrons. The van der Waals surface area contributed by atoms with Crippen molar-refractivity contribution in [1.82, 2.24) is 20.0 Å². The third kappa shape index (κ3) is 7.21. The van der Waals surface area contributed by atoms with E-state index in [9.17, 15) is 9.59 Å². The standard InChI is InChI=1S/C28H38N4O3S/c1-5-35-28(34)26-24(31-18-16-30(17-19-31)23(3)25-12-9-20-36-25)21-22(2)11-7-6-8-14-32(27(26)33)15-10-13-29-4/h6-9,12,14,20-21,29H,3,5,10-11,13,15-19H2,1-2,4H3/b7-6-,14-8+,22-21+,26-24-. The lowest BCUT2D eigenvalue weighted by Gasteiger charge is -2.39. The summed E-state index contributed by atoms with van der Waals surface area (Å²) in [5, 5.41) is 5.17. The molecule has 2 aliphatic rings. The Kier molecular flexibility index (Phi) is 10.6. The lowest BCUT2D eigenvalue weighted by atomic mass is 10.1. The lowest BCUT2D eigenvalue weighted by molar-refractivity contribution is -0.141. The van der Waals surface area contributed by atoms with Crippen molar-refractivity contribution in [3.8, 4) is 0 Å². The fourth-order valence-corrected chi connectivity index (χ4v) is 4.96. The number of piperazine rings is 1. The van der Waals surface area contributed by atoms with Crippen molar-refractivity contribution in [3.05, 3.63) is 76.3 Å². The van der Waals surface area contributed by atoms with Gasteiger partial charge in [0, 0.05) is 49.5 Å². The number of nitrogens with zero attached hydrogens (tertiary/aromatic N) is 3. The van der Waals surface area contributed by atoms with Crippen LogP contribution in [0.2, 0.25) is 0 Å². The molecule has 8 heteroatoms. The van der Waals surface area contributed by atoms with Crippen LogP contribution in [0.25, 0.3) is 5.70 Å². The fraction of sp³-hybridized carbons (Fsp3) is 0.429. The topological polar surface area (TPSA) is 65.1 Å². The van der Waals surface area contributed by atoms with Gasteiger partial charge in [-0.25, -0.2) is 4.79 Å². The molecular formula is C28H38N4O3S. The van der Waals surface area contributed by atoms with E-state index in [0.717, 1.165) is 48.6 Å². The molecule has 2 aliphatic heterocycles. The van der Waals surface area contributed by atoms with Crippen molar-refractivity contribution in [3.63, 3.8) is 0 Å². The van der Waals surface area contributed by atoms with Gasteiger partial charge < -0.3 is 24.8 Å². The van der Waals surface area contributed by atoms with Crippen molar-refractivity contribution in [1.29, 1.82) is 0 Å². The van der Waals surface area contributed by atoms with Crippen molar-refractivity contribution in [2.45, 2.75) is 26.7 Å². The van der Waals surface area contributed by atoms with Gasteiger partial charge in [-0.3, -0.25) is 4.79 Å². The molecular weight excluding hydrogens is 472 g/mol. The van der Waals surface area contributed by atoms with Crippen molar-refractivity contribution in [2.75, 3.05) is 52.9 Å². The van der Waals surface area contributed by atoms with Crippen LogP contribution in [0.4, 0.5) is 0 Å². The molecule has 1 aromatic heterocycles. The van der Waals surface area contributed by atoms with E-state index >= 15 is 0 Å². The maximum atomic E-state index is 13.9. The fourth-order valence-electron chi connectivity index (χ4n) is 4.23. The van der Waals surface area contributed by atoms with Gasteiger partial charge in [0.1, 0.15) is 5.57 Å². The quantitative estimate of drug-likeness (QED) is 0.308. The molecule has 0 aromatic carbocycles. The number of allylic oxidation sites excluding steroid dienone is 5. The van der Waals surface area contributed by atoms with E-state index in [1.165, 1.54) is 0 Å². The molecule has 0 spiro atoms. The predicted molar refractivity (Wildman–Crippen MR) is 147 cm³/mol. The van der Waals surface area contributed by atoms with Gasteiger partial charge in [-0.05, 0) is 63.9 Å². The average molecular weight is 511 g/mol. The first kappa shape index (κ1) is 27.5. The maximum absolute atomic E-state index is 13.9. The number of thiophene rings is 1. The van der Waals surface area contributed by atoms with E-state index in [1.807, 2.05) is 38.3 Å². The predicted octanol–water partition coefficient (Wildman–Crippen LogP) is 4.01. The summed E-state index contributed by atoms with van der Waals surface area (Å²) in [6.07, 6.45) is 11.1. The van der Waals surface area contributed by atoms with E-state index in [-0.39, 0.29) is 18.1 Å². The van der Waals surface area contributed by atoms with Crippen molar-refractivity contribution >= 4 is 28.9 Å². The first-order chi connectivity index (χ1) is 17.5. The smallest absolute Gasteiger partial charge is 0.345 e. The summed E-state index contributed by atoms with van der Waals surface area (Å²) in [5.74, 6) is -0.910. The summed E-state index contributed by atoms with van der Waals surface area (Å²) in [7, 11) is 1.88. The second-order valence-corrected chi connectivity index (χ2v) is 9.75. The molecule has 1 N–H and O–H groups in total. The molecule has 3 heterocycles. The molecule has 0 aliphatic carbocycles. The molecule has 3 rings (SSSR count). The first-order valence-electron chi connectivity index (χ1n) is 12.6. The number of amides is 1. The summed E-state index contributed by atoms with van der Waals surface area (Å²) >= 11 is 1.68. The Morgan fingerprint density at radius 2 is 2.00 bits per heavy atom. The van der Waals surface area contributed by atoms with Crippen LogP contribution < -0.4 is 5.32 Å². The minimum atomic E-state index is -0.578. The van der Waals surface area contributed by atoms with E-state index in [4.69, 9.17) is 4.74 Å². The minimum absolute atomic E-state index is 0.0951. The Morgan fingerprint density at radius 3 is 2.67 bits per heavy atom. The number of hydrogen-bond acceptors (Lipinski definition) is 7. The molecule has 1 aromatic rings. The molecule has 1 fully saturated rings. The SMILES string of the molecule is C=C(c1cccs1)N1CCN(C2=C(\C(=O)OCC)C(=O)N(CCCNC)/C=C/C=C\C\C(C)=C\2)CC1. The van der Waals surface area contributed by atoms with E-state index < -0.39 is 5.97 Å². The first-order valence-corrected chi connectivity index (χ1v) is 13.4. The van der Waals surface area contributed by atoms with Crippen LogP contribution in [-0.2, 0) is 14.3 Å². The largest absolute Gasteiger partial charge is 0.462 e. The van der Waals surface area contributed by atoms with Gasteiger partial charge in [0.05, 0.1) is 12.3 Å². The normalized spacial score (nSPS) is 22.5. The van der Waals surface area contributed by atoms with Crippen LogP contribution in [0.5, 0.6) is 0 Å². The minimum Gasteiger partial charge on any atom is -0.462 e. The van der Waals surface area contributed by atoms with Gasteiger partial charge >= 0.3 is 5.97 Å². The Morgan fingerprint density at radius 1 is 1.22 bits per heavy atom. The highest BCUT2D eigenvalue weighted by Crippen LogP contribution is 2.26. The Labute approximate surface area is 219 Å². The molecule has 0 saturated carbocycles. The summed E-state index contributed by atoms with van der Waals surface area (Å²) in [6.45, 7) is 12.4. The number of nitrogens with one attached hydrogen (secondary N) is 1. The number of rotatable bonds is 9. The number of hydrogen-bond donors (Lipinski definition) is 1. The van der Waals surface area contributed by atoms with Crippen LogP contribution in [0, 0.1) is 0 Å². The zero-order valence-corrected chi connectivity index (χ0v) is 22.5. The van der Waals surface area contributed by atoms with Crippen LogP contribution in [0.15, 0.2) is 71.4 Å². The van der Waals surface area contributed by atoms with Gasteiger partial charge in [0.15, 0.2) is 0 Å². The zero-order valence-electron chi connectivity index (χ0n) is 21.7. The molecule has 7 nitrogen and oxygen atoms in total. The van der Waals surface area contributed by atoms with Gasteiger partial charge in [0.25, 0.3) is 5.91 Å². The van der Waals surface area contributed by atoms with Crippen molar-refractivity contribution in [2.24, 2.45) is 0 Å². The van der Waals surface area contributed by atoms with Crippen molar-refractivity contribution < 1.29 is 14.3 Å². The highest BCUT2D eigenvalue weighted by atomic mass is 32.1. The average Bonchev–Trinajstić information content (AvgIpc) is 3.41. The van der Waals surface area contributed by atoms with E-state index in [2.05, 4.69) is 39.2 Å². The number of ether oxygens (including phenoxy) is 1. The highest BCUT2D eigenvalue weighted by Gasteiger charge is 2.31. The van der Waals surface area contributed by atoms with Gasteiger partial charge in [0.2, 0.25) is 0 Å². The van der Waals surface area contributed by atoms with Crippen LogP contribution in [0.3, 0.4) is 0 Å². The molecule has 0 unspecified atom stereocenters. The highest BCUT2D eigenvalue weighted by molar-refractivity contribution is 7.11. The second kappa shape index (κ2) is 13.8. The van der Waals surface area contributed by atoms with E-state index in [0.29, 0.717) is 25.3 Å². The summed E-state index contributed by atoms with van der Waals surface area (Å²) in [4.78, 5) is 34.3. The molecule has 1 saturated heterocycles. The lowest BCUT2D eigenvalue weighted by Crippen LogP contribution is -2.46. The number of carbonyl (C=O) groups excluding carboxylic acids is 2. The van der Waals surface area contributed by atoms with Gasteiger partial charge in [-0.2, -0.15) is 0 Å². The summed E-state index contributed by atoms with van der Waals surface area (Å²) < 4.78 is 5.41. The van der Waals surface area contributed by atoms with Crippen LogP contribution in [-0.4, -0.2) is 79.5 Å². The Bertz CT molecular complexity index is 1030. The van der Waals surface area contributed by atoms with Crippen LogP contribution in [0.1, 0.15) is 31.6 Å². The number of esters is 1. The van der Waals surface area contributed by atoms with Gasteiger partial charge in [-0.1, -0.05) is 30.4 Å². The molecule has 36 heavy (non-hydrogen) atoms. The molecule has 0 atom stereocenters. The van der Waals surface area contributed by atoms with Crippen LogP contribution >= 0.6 is 11.3 Å². The summed E-state index contributed by atoms with van der Waals surface area (Å²) in [5.41, 5.74) is 2.82. The molecule has 194 valence electrons. The zero-order chi connectivity index (χ0) is 25.9. The van der Waals surface area contributed by atoms with Gasteiger partial charge in [-0.15, -0.1) is 11.3 Å². The summed E-state index contributed by atoms with van der Waals surface area (Å²) in [6, 6.07) is 4.12.